The highest BCUT2D eigenvalue weighted by Gasteiger charge is 2.28. The van der Waals surface area contributed by atoms with Crippen molar-refractivity contribution >= 4 is 17.3 Å². The SMILES string of the molecule is COc1ccc(NC(=O)CCN2CCC(C)(C)C2)c(N)c1. The van der Waals surface area contributed by atoms with Gasteiger partial charge in [-0.1, -0.05) is 13.8 Å². The van der Waals surface area contributed by atoms with E-state index in [2.05, 4.69) is 24.1 Å². The van der Waals surface area contributed by atoms with Crippen LogP contribution in [-0.2, 0) is 4.79 Å². The Morgan fingerprint density at radius 3 is 2.81 bits per heavy atom. The van der Waals surface area contributed by atoms with Gasteiger partial charge in [-0.25, -0.2) is 0 Å². The van der Waals surface area contributed by atoms with Crippen molar-refractivity contribution in [1.29, 1.82) is 0 Å². The Morgan fingerprint density at radius 1 is 1.48 bits per heavy atom. The predicted molar refractivity (Wildman–Crippen MR) is 85.5 cm³/mol. The van der Waals surface area contributed by atoms with Gasteiger partial charge in [0.15, 0.2) is 0 Å². The maximum atomic E-state index is 12.0. The molecule has 0 radical (unpaired) electrons. The van der Waals surface area contributed by atoms with Crippen LogP contribution in [-0.4, -0.2) is 37.6 Å². The van der Waals surface area contributed by atoms with E-state index in [0.717, 1.165) is 19.6 Å². The molecule has 5 heteroatoms. The Kier molecular flexibility index (Phi) is 4.73. The number of hydrogen-bond acceptors (Lipinski definition) is 4. The van der Waals surface area contributed by atoms with Gasteiger partial charge in [0.1, 0.15) is 5.75 Å². The van der Waals surface area contributed by atoms with E-state index in [1.54, 1.807) is 25.3 Å². The molecule has 0 saturated carbocycles. The van der Waals surface area contributed by atoms with E-state index in [-0.39, 0.29) is 5.91 Å². The molecule has 2 rings (SSSR count). The second-order valence-electron chi connectivity index (χ2n) is 6.44. The molecule has 3 N–H and O–H groups in total. The zero-order chi connectivity index (χ0) is 15.5. The van der Waals surface area contributed by atoms with Gasteiger partial charge in [0.05, 0.1) is 18.5 Å². The Labute approximate surface area is 126 Å². The smallest absolute Gasteiger partial charge is 0.225 e. The normalized spacial score (nSPS) is 17.7. The summed E-state index contributed by atoms with van der Waals surface area (Å²) in [5.74, 6) is 0.682. The molecule has 1 aliphatic heterocycles. The van der Waals surface area contributed by atoms with Gasteiger partial charge in [0.2, 0.25) is 5.91 Å². The predicted octanol–water partition coefficient (Wildman–Crippen LogP) is 2.34. The van der Waals surface area contributed by atoms with Gasteiger partial charge in [0.25, 0.3) is 0 Å². The highest BCUT2D eigenvalue weighted by Crippen LogP contribution is 2.28. The minimum Gasteiger partial charge on any atom is -0.497 e. The molecule has 0 spiro atoms. The number of benzene rings is 1. The van der Waals surface area contributed by atoms with Crippen LogP contribution < -0.4 is 15.8 Å². The molecule has 1 aliphatic rings. The number of nitrogens with two attached hydrogens (primary N) is 1. The van der Waals surface area contributed by atoms with Crippen molar-refractivity contribution in [3.8, 4) is 5.75 Å². The number of carbonyl (C=O) groups is 1. The van der Waals surface area contributed by atoms with Crippen LogP contribution in [0.1, 0.15) is 26.7 Å². The third-order valence-electron chi connectivity index (χ3n) is 3.94. The van der Waals surface area contributed by atoms with Gasteiger partial charge in [-0.3, -0.25) is 4.79 Å². The van der Waals surface area contributed by atoms with E-state index < -0.39 is 0 Å². The first-order valence-corrected chi connectivity index (χ1v) is 7.35. The zero-order valence-corrected chi connectivity index (χ0v) is 13.1. The molecule has 1 heterocycles. The van der Waals surface area contributed by atoms with Crippen LogP contribution in [0.25, 0.3) is 0 Å². The lowest BCUT2D eigenvalue weighted by molar-refractivity contribution is -0.116. The molecule has 1 amide bonds. The summed E-state index contributed by atoms with van der Waals surface area (Å²) in [5.41, 5.74) is 7.43. The summed E-state index contributed by atoms with van der Waals surface area (Å²) in [6.45, 7) is 7.47. The Balaban J connectivity index is 1.82. The van der Waals surface area contributed by atoms with Gasteiger partial charge in [-0.15, -0.1) is 0 Å². The minimum absolute atomic E-state index is 0.00317. The second-order valence-corrected chi connectivity index (χ2v) is 6.44. The first-order chi connectivity index (χ1) is 9.89. The Bertz CT molecular complexity index is 514. The molecule has 5 nitrogen and oxygen atoms in total. The van der Waals surface area contributed by atoms with Crippen molar-refractivity contribution in [2.45, 2.75) is 26.7 Å². The largest absolute Gasteiger partial charge is 0.497 e. The van der Waals surface area contributed by atoms with Gasteiger partial charge < -0.3 is 20.7 Å². The summed E-state index contributed by atoms with van der Waals surface area (Å²) < 4.78 is 5.09. The maximum Gasteiger partial charge on any atom is 0.225 e. The van der Waals surface area contributed by atoms with Crippen LogP contribution >= 0.6 is 0 Å². The number of ether oxygens (including phenoxy) is 1. The van der Waals surface area contributed by atoms with Gasteiger partial charge in [-0.2, -0.15) is 0 Å². The van der Waals surface area contributed by atoms with E-state index in [0.29, 0.717) is 29.0 Å². The van der Waals surface area contributed by atoms with Crippen molar-refractivity contribution in [2.24, 2.45) is 5.41 Å². The minimum atomic E-state index is -0.00317. The molecule has 0 atom stereocenters. The summed E-state index contributed by atoms with van der Waals surface area (Å²) in [4.78, 5) is 14.4. The first-order valence-electron chi connectivity index (χ1n) is 7.35. The van der Waals surface area contributed by atoms with Crippen LogP contribution in [0.5, 0.6) is 5.75 Å². The molecule has 0 bridgehead atoms. The Morgan fingerprint density at radius 2 is 2.24 bits per heavy atom. The summed E-state index contributed by atoms with van der Waals surface area (Å²) in [5, 5.41) is 2.86. The highest BCUT2D eigenvalue weighted by atomic mass is 16.5. The van der Waals surface area contributed by atoms with Crippen LogP contribution in [0.3, 0.4) is 0 Å². The quantitative estimate of drug-likeness (QED) is 0.817. The van der Waals surface area contributed by atoms with E-state index in [1.807, 2.05) is 0 Å². The average molecular weight is 291 g/mol. The number of anilines is 2. The average Bonchev–Trinajstić information content (AvgIpc) is 2.78. The molecule has 1 fully saturated rings. The molecule has 116 valence electrons. The number of nitrogen functional groups attached to an aromatic ring is 1. The van der Waals surface area contributed by atoms with Crippen LogP contribution in [0.4, 0.5) is 11.4 Å². The summed E-state index contributed by atoms with van der Waals surface area (Å²) >= 11 is 0. The molecule has 21 heavy (non-hydrogen) atoms. The summed E-state index contributed by atoms with van der Waals surface area (Å²) in [6, 6.07) is 5.26. The Hall–Kier alpha value is -1.75. The van der Waals surface area contributed by atoms with Crippen molar-refractivity contribution in [1.82, 2.24) is 4.90 Å². The summed E-state index contributed by atoms with van der Waals surface area (Å²) in [6.07, 6.45) is 1.68. The number of methoxy groups -OCH3 is 1. The second kappa shape index (κ2) is 6.35. The zero-order valence-electron chi connectivity index (χ0n) is 13.1. The molecular weight excluding hydrogens is 266 g/mol. The highest BCUT2D eigenvalue weighted by molar-refractivity contribution is 5.94. The maximum absolute atomic E-state index is 12.0. The monoisotopic (exact) mass is 291 g/mol. The number of likely N-dealkylation sites (tertiary alicyclic amines) is 1. The number of nitrogens with zero attached hydrogens (tertiary/aromatic N) is 1. The number of nitrogens with one attached hydrogen (secondary N) is 1. The van der Waals surface area contributed by atoms with Crippen LogP contribution in [0.15, 0.2) is 18.2 Å². The van der Waals surface area contributed by atoms with Gasteiger partial charge >= 0.3 is 0 Å². The topological polar surface area (TPSA) is 67.6 Å². The van der Waals surface area contributed by atoms with Crippen molar-refractivity contribution in [2.75, 3.05) is 37.8 Å². The fraction of sp³-hybridized carbons (Fsp3) is 0.562. The van der Waals surface area contributed by atoms with Gasteiger partial charge in [-0.05, 0) is 30.5 Å². The lowest BCUT2D eigenvalue weighted by Gasteiger charge is -2.19. The van der Waals surface area contributed by atoms with E-state index >= 15 is 0 Å². The summed E-state index contributed by atoms with van der Waals surface area (Å²) in [7, 11) is 1.59. The molecule has 1 aromatic rings. The third-order valence-corrected chi connectivity index (χ3v) is 3.94. The molecule has 0 aliphatic carbocycles. The van der Waals surface area contributed by atoms with Crippen molar-refractivity contribution in [3.63, 3.8) is 0 Å². The standard InChI is InChI=1S/C16H25N3O2/c1-16(2)7-9-19(11-16)8-6-15(20)18-14-5-4-12(21-3)10-13(14)17/h4-5,10H,6-9,11,17H2,1-3H3,(H,18,20). The lowest BCUT2D eigenvalue weighted by Crippen LogP contribution is -2.27. The molecule has 1 aromatic carbocycles. The molecular formula is C16H25N3O2. The number of amides is 1. The van der Waals surface area contributed by atoms with E-state index in [9.17, 15) is 4.79 Å². The fourth-order valence-corrected chi connectivity index (χ4v) is 2.67. The fourth-order valence-electron chi connectivity index (χ4n) is 2.67. The lowest BCUT2D eigenvalue weighted by atomic mass is 9.93. The molecule has 1 saturated heterocycles. The van der Waals surface area contributed by atoms with Crippen molar-refractivity contribution < 1.29 is 9.53 Å². The number of hydrogen-bond donors (Lipinski definition) is 2. The molecule has 0 aromatic heterocycles. The van der Waals surface area contributed by atoms with Gasteiger partial charge in [0, 0.05) is 25.6 Å². The van der Waals surface area contributed by atoms with E-state index in [4.69, 9.17) is 10.5 Å². The van der Waals surface area contributed by atoms with Crippen molar-refractivity contribution in [3.05, 3.63) is 18.2 Å². The third kappa shape index (κ3) is 4.36. The molecule has 0 unspecified atom stereocenters. The van der Waals surface area contributed by atoms with E-state index in [1.165, 1.54) is 6.42 Å². The van der Waals surface area contributed by atoms with Crippen LogP contribution in [0, 0.1) is 5.41 Å². The van der Waals surface area contributed by atoms with Crippen LogP contribution in [0.2, 0.25) is 0 Å². The number of carbonyl (C=O) groups excluding carboxylic acids is 1. The first kappa shape index (κ1) is 15.6. The number of rotatable bonds is 5.